The summed E-state index contributed by atoms with van der Waals surface area (Å²) in [4.78, 5) is 11.9. The average Bonchev–Trinajstić information content (AvgIpc) is 2.79. The summed E-state index contributed by atoms with van der Waals surface area (Å²) in [5.41, 5.74) is 1.63. The fourth-order valence-electron chi connectivity index (χ4n) is 2.76. The van der Waals surface area contributed by atoms with Gasteiger partial charge in [-0.05, 0) is 45.0 Å². The Morgan fingerprint density at radius 3 is 2.50 bits per heavy atom. The Morgan fingerprint density at radius 1 is 1.14 bits per heavy atom. The summed E-state index contributed by atoms with van der Waals surface area (Å²) in [6, 6.07) is 14.1. The molecule has 1 heterocycles. The van der Waals surface area contributed by atoms with Gasteiger partial charge in [0.2, 0.25) is 0 Å². The lowest BCUT2D eigenvalue weighted by Crippen LogP contribution is -2.36. The fraction of sp³-hybridized carbons (Fsp3) is 0.278. The van der Waals surface area contributed by atoms with Crippen LogP contribution in [0.4, 0.5) is 5.69 Å². The Morgan fingerprint density at radius 2 is 1.82 bits per heavy atom. The zero-order valence-corrected chi connectivity index (χ0v) is 13.1. The maximum absolute atomic E-state index is 11.9. The third-order valence-corrected chi connectivity index (χ3v) is 3.90. The van der Waals surface area contributed by atoms with Gasteiger partial charge in [-0.25, -0.2) is 0 Å². The zero-order chi connectivity index (χ0) is 15.9. The van der Waals surface area contributed by atoms with E-state index in [1.807, 2.05) is 30.3 Å². The molecule has 22 heavy (non-hydrogen) atoms. The van der Waals surface area contributed by atoms with Gasteiger partial charge in [-0.2, -0.15) is 0 Å². The van der Waals surface area contributed by atoms with E-state index in [0.29, 0.717) is 5.69 Å². The molecule has 0 spiro atoms. The van der Waals surface area contributed by atoms with Crippen LogP contribution in [0.2, 0.25) is 0 Å². The maximum atomic E-state index is 11.9. The first-order chi connectivity index (χ1) is 10.4. The highest BCUT2D eigenvalue weighted by Gasteiger charge is 2.23. The second kappa shape index (κ2) is 5.14. The Balaban J connectivity index is 2.14. The van der Waals surface area contributed by atoms with Crippen molar-refractivity contribution in [3.63, 3.8) is 0 Å². The molecule has 0 atom stereocenters. The molecular weight excluding hydrogens is 276 g/mol. The van der Waals surface area contributed by atoms with Gasteiger partial charge in [-0.15, -0.1) is 0 Å². The number of rotatable bonds is 3. The van der Waals surface area contributed by atoms with Gasteiger partial charge in [-0.3, -0.25) is 4.79 Å². The van der Waals surface area contributed by atoms with E-state index in [2.05, 4.69) is 28.9 Å². The van der Waals surface area contributed by atoms with Crippen molar-refractivity contribution in [1.82, 2.24) is 4.57 Å². The molecule has 0 unspecified atom stereocenters. The van der Waals surface area contributed by atoms with Crippen LogP contribution in [0, 0.1) is 0 Å². The lowest BCUT2D eigenvalue weighted by Gasteiger charge is -2.16. The Labute approximate surface area is 129 Å². The van der Waals surface area contributed by atoms with Gasteiger partial charge in [0.25, 0.3) is 5.91 Å². The molecule has 114 valence electrons. The molecule has 0 fully saturated rings. The van der Waals surface area contributed by atoms with Crippen molar-refractivity contribution in [3.8, 4) is 0 Å². The summed E-state index contributed by atoms with van der Waals surface area (Å²) in [7, 11) is 0. The maximum Gasteiger partial charge on any atom is 0.255 e. The van der Waals surface area contributed by atoms with Gasteiger partial charge in [-0.1, -0.05) is 18.2 Å². The normalized spacial score (nSPS) is 12.0. The first kappa shape index (κ1) is 14.6. The number of nitrogens with zero attached hydrogens (tertiary/aromatic N) is 1. The largest absolute Gasteiger partial charge is 0.381 e. The highest BCUT2D eigenvalue weighted by Crippen LogP contribution is 2.31. The van der Waals surface area contributed by atoms with Crippen LogP contribution < -0.4 is 5.32 Å². The zero-order valence-electron chi connectivity index (χ0n) is 13.1. The molecule has 2 N–H and O–H groups in total. The molecule has 0 aliphatic heterocycles. The van der Waals surface area contributed by atoms with Crippen LogP contribution in [0.3, 0.4) is 0 Å². The molecule has 0 saturated carbocycles. The molecule has 3 aromatic rings. The molecule has 1 amide bonds. The average molecular weight is 296 g/mol. The van der Waals surface area contributed by atoms with E-state index >= 15 is 0 Å². The fourth-order valence-corrected chi connectivity index (χ4v) is 2.76. The molecule has 1 aromatic heterocycles. The van der Waals surface area contributed by atoms with Crippen LogP contribution in [-0.2, 0) is 11.3 Å². The number of aryl methyl sites for hydroxylation is 1. The van der Waals surface area contributed by atoms with Gasteiger partial charge >= 0.3 is 0 Å². The summed E-state index contributed by atoms with van der Waals surface area (Å²) in [6.45, 7) is 5.96. The van der Waals surface area contributed by atoms with Gasteiger partial charge in [0, 0.05) is 34.0 Å². The van der Waals surface area contributed by atoms with Crippen LogP contribution in [0.25, 0.3) is 21.8 Å². The number of carbonyl (C=O) groups excluding carboxylic acids is 1. The standard InChI is InChI=1S/C18H20N2O2/c1-4-20-15-8-6-5-7-13(15)14-11-12(9-10-16(14)20)19-17(21)18(2,3)22/h5-11,22H,4H2,1-3H3,(H,19,21). The number of fused-ring (bicyclic) bond motifs is 3. The summed E-state index contributed by atoms with van der Waals surface area (Å²) in [6.07, 6.45) is 0. The van der Waals surface area contributed by atoms with Gasteiger partial charge in [0.15, 0.2) is 0 Å². The summed E-state index contributed by atoms with van der Waals surface area (Å²) >= 11 is 0. The van der Waals surface area contributed by atoms with Crippen molar-refractivity contribution < 1.29 is 9.90 Å². The van der Waals surface area contributed by atoms with E-state index in [0.717, 1.165) is 17.4 Å². The van der Waals surface area contributed by atoms with Crippen molar-refractivity contribution >= 4 is 33.4 Å². The predicted molar refractivity (Wildman–Crippen MR) is 90.0 cm³/mol. The number of nitrogens with one attached hydrogen (secondary N) is 1. The Hall–Kier alpha value is -2.33. The number of aromatic nitrogens is 1. The molecule has 0 radical (unpaired) electrons. The molecule has 0 aliphatic rings. The monoisotopic (exact) mass is 296 g/mol. The predicted octanol–water partition coefficient (Wildman–Crippen LogP) is 3.52. The van der Waals surface area contributed by atoms with E-state index in [-0.39, 0.29) is 0 Å². The minimum absolute atomic E-state index is 0.411. The van der Waals surface area contributed by atoms with E-state index in [1.54, 1.807) is 0 Å². The third-order valence-electron chi connectivity index (χ3n) is 3.90. The van der Waals surface area contributed by atoms with E-state index in [4.69, 9.17) is 0 Å². The van der Waals surface area contributed by atoms with Gasteiger partial charge in [0.1, 0.15) is 5.60 Å². The van der Waals surface area contributed by atoms with Crippen LogP contribution >= 0.6 is 0 Å². The van der Waals surface area contributed by atoms with Gasteiger partial charge < -0.3 is 15.0 Å². The summed E-state index contributed by atoms with van der Waals surface area (Å²) in [5, 5.41) is 14.8. The minimum Gasteiger partial charge on any atom is -0.381 e. The highest BCUT2D eigenvalue weighted by atomic mass is 16.3. The second-order valence-electron chi connectivity index (χ2n) is 6.01. The molecular formula is C18H20N2O2. The highest BCUT2D eigenvalue weighted by molar-refractivity contribution is 6.10. The molecule has 3 rings (SSSR count). The lowest BCUT2D eigenvalue weighted by molar-refractivity contribution is -0.130. The van der Waals surface area contributed by atoms with Crippen LogP contribution in [-0.4, -0.2) is 21.2 Å². The quantitative estimate of drug-likeness (QED) is 0.777. The van der Waals surface area contributed by atoms with Crippen molar-refractivity contribution in [2.75, 3.05) is 5.32 Å². The third kappa shape index (κ3) is 2.35. The van der Waals surface area contributed by atoms with Crippen LogP contribution in [0.15, 0.2) is 42.5 Å². The van der Waals surface area contributed by atoms with E-state index < -0.39 is 11.5 Å². The molecule has 0 aliphatic carbocycles. The van der Waals surface area contributed by atoms with Crippen LogP contribution in [0.1, 0.15) is 20.8 Å². The number of hydrogen-bond donors (Lipinski definition) is 2. The number of carbonyl (C=O) groups is 1. The van der Waals surface area contributed by atoms with Gasteiger partial charge in [0.05, 0.1) is 0 Å². The second-order valence-corrected chi connectivity index (χ2v) is 6.01. The Kier molecular flexibility index (Phi) is 3.41. The van der Waals surface area contributed by atoms with Crippen molar-refractivity contribution in [2.24, 2.45) is 0 Å². The minimum atomic E-state index is -1.40. The number of amides is 1. The van der Waals surface area contributed by atoms with Crippen LogP contribution in [0.5, 0.6) is 0 Å². The smallest absolute Gasteiger partial charge is 0.255 e. The number of aliphatic hydroxyl groups is 1. The summed E-state index contributed by atoms with van der Waals surface area (Å²) < 4.78 is 2.26. The van der Waals surface area contributed by atoms with E-state index in [9.17, 15) is 9.90 Å². The first-order valence-corrected chi connectivity index (χ1v) is 7.46. The number of hydrogen-bond acceptors (Lipinski definition) is 2. The summed E-state index contributed by atoms with van der Waals surface area (Å²) in [5.74, 6) is -0.411. The van der Waals surface area contributed by atoms with Crippen molar-refractivity contribution in [1.29, 1.82) is 0 Å². The number of anilines is 1. The Bertz CT molecular complexity index is 857. The van der Waals surface area contributed by atoms with Crippen molar-refractivity contribution in [3.05, 3.63) is 42.5 Å². The number of para-hydroxylation sites is 1. The lowest BCUT2D eigenvalue weighted by atomic mass is 10.1. The number of benzene rings is 2. The molecule has 2 aromatic carbocycles. The van der Waals surface area contributed by atoms with E-state index in [1.165, 1.54) is 24.8 Å². The molecule has 4 nitrogen and oxygen atoms in total. The first-order valence-electron chi connectivity index (χ1n) is 7.46. The molecule has 4 heteroatoms. The molecule has 0 saturated heterocycles. The van der Waals surface area contributed by atoms with Crippen molar-refractivity contribution in [2.45, 2.75) is 32.9 Å². The topological polar surface area (TPSA) is 54.3 Å². The molecule has 0 bridgehead atoms. The SMILES string of the molecule is CCn1c2ccccc2c2cc(NC(=O)C(C)(C)O)ccc21.